The monoisotopic (exact) mass is 388 g/mol. The molecule has 0 saturated carbocycles. The second kappa shape index (κ2) is 7.06. The van der Waals surface area contributed by atoms with E-state index in [2.05, 4.69) is 39.2 Å². The maximum Gasteiger partial charge on any atom is 0.239 e. The SMILES string of the molecule is CC(C)(C)[Si](C)(C)OC[C@H]1CN(Cc2ccccc2)C(=O)[C@]12CCNC2=O. The Morgan fingerprint density at radius 3 is 2.44 bits per heavy atom. The number of amides is 2. The van der Waals surface area contributed by atoms with Gasteiger partial charge in [-0.1, -0.05) is 51.1 Å². The normalized spacial score (nSPS) is 26.1. The van der Waals surface area contributed by atoms with Crippen LogP contribution in [0.5, 0.6) is 0 Å². The lowest BCUT2D eigenvalue weighted by molar-refractivity contribution is -0.145. The first kappa shape index (κ1) is 20.1. The molecule has 0 unspecified atom stereocenters. The molecule has 5 nitrogen and oxygen atoms in total. The fraction of sp³-hybridized carbons (Fsp3) is 0.619. The van der Waals surface area contributed by atoms with Crippen LogP contribution in [0.4, 0.5) is 0 Å². The topological polar surface area (TPSA) is 58.6 Å². The van der Waals surface area contributed by atoms with Gasteiger partial charge in [0.1, 0.15) is 5.41 Å². The van der Waals surface area contributed by atoms with E-state index >= 15 is 0 Å². The first-order valence-electron chi connectivity index (χ1n) is 9.83. The van der Waals surface area contributed by atoms with E-state index in [1.165, 1.54) is 0 Å². The highest BCUT2D eigenvalue weighted by Gasteiger charge is 2.61. The summed E-state index contributed by atoms with van der Waals surface area (Å²) < 4.78 is 6.44. The quantitative estimate of drug-likeness (QED) is 0.623. The summed E-state index contributed by atoms with van der Waals surface area (Å²) in [5, 5.41) is 3.00. The first-order valence-corrected chi connectivity index (χ1v) is 12.7. The van der Waals surface area contributed by atoms with E-state index in [0.29, 0.717) is 32.7 Å². The lowest BCUT2D eigenvalue weighted by Crippen LogP contribution is -2.47. The molecule has 1 aromatic carbocycles. The molecule has 1 spiro atoms. The van der Waals surface area contributed by atoms with Crippen LogP contribution < -0.4 is 5.32 Å². The molecule has 2 fully saturated rings. The lowest BCUT2D eigenvalue weighted by Gasteiger charge is -2.38. The van der Waals surface area contributed by atoms with Crippen LogP contribution in [0, 0.1) is 11.3 Å². The highest BCUT2D eigenvalue weighted by atomic mass is 28.4. The molecule has 0 aromatic heterocycles. The van der Waals surface area contributed by atoms with Crippen molar-refractivity contribution in [2.45, 2.75) is 51.9 Å². The summed E-state index contributed by atoms with van der Waals surface area (Å²) in [5.74, 6) is -0.248. The van der Waals surface area contributed by atoms with E-state index in [1.807, 2.05) is 35.2 Å². The van der Waals surface area contributed by atoms with Crippen LogP contribution in [0.3, 0.4) is 0 Å². The molecule has 2 aliphatic rings. The number of carbonyl (C=O) groups is 2. The zero-order chi connectivity index (χ0) is 19.9. The molecule has 2 heterocycles. The molecule has 3 rings (SSSR count). The predicted octanol–water partition coefficient (Wildman–Crippen LogP) is 3.17. The molecule has 0 bridgehead atoms. The van der Waals surface area contributed by atoms with E-state index in [4.69, 9.17) is 4.43 Å². The Kier molecular flexibility index (Phi) is 5.25. The van der Waals surface area contributed by atoms with E-state index in [-0.39, 0.29) is 22.8 Å². The molecule has 27 heavy (non-hydrogen) atoms. The Hall–Kier alpha value is -1.66. The number of carbonyl (C=O) groups excluding carboxylic acids is 2. The van der Waals surface area contributed by atoms with Crippen molar-refractivity contribution >= 4 is 20.1 Å². The Morgan fingerprint density at radius 2 is 1.89 bits per heavy atom. The van der Waals surface area contributed by atoms with Crippen molar-refractivity contribution in [2.75, 3.05) is 19.7 Å². The number of hydrogen-bond donors (Lipinski definition) is 1. The Labute approximate surface area is 163 Å². The van der Waals surface area contributed by atoms with E-state index in [1.54, 1.807) is 0 Å². The smallest absolute Gasteiger partial charge is 0.239 e. The summed E-state index contributed by atoms with van der Waals surface area (Å²) in [6, 6.07) is 9.97. The third-order valence-corrected chi connectivity index (χ3v) is 11.2. The zero-order valence-electron chi connectivity index (χ0n) is 17.2. The maximum absolute atomic E-state index is 13.3. The highest BCUT2D eigenvalue weighted by Crippen LogP contribution is 2.45. The standard InChI is InChI=1S/C21H32N2O3Si/c1-20(2,3)27(4,5)26-15-17-14-23(13-16-9-7-6-8-10-16)19(25)21(17)11-12-22-18(21)24/h6-10,17H,11-15H2,1-5H3,(H,22,24)/t17-,21-/m1/s1. The van der Waals surface area contributed by atoms with Crippen molar-refractivity contribution in [3.05, 3.63) is 35.9 Å². The van der Waals surface area contributed by atoms with Gasteiger partial charge in [-0.2, -0.15) is 0 Å². The average molecular weight is 389 g/mol. The maximum atomic E-state index is 13.3. The average Bonchev–Trinajstić information content (AvgIpc) is 3.10. The van der Waals surface area contributed by atoms with Gasteiger partial charge in [0.05, 0.1) is 0 Å². The summed E-state index contributed by atoms with van der Waals surface area (Å²) in [5.41, 5.74) is 0.141. The molecule has 0 aliphatic carbocycles. The van der Waals surface area contributed by atoms with Crippen LogP contribution in [0.15, 0.2) is 30.3 Å². The Balaban J connectivity index is 1.81. The molecule has 2 aliphatic heterocycles. The van der Waals surface area contributed by atoms with Gasteiger partial charge in [-0.15, -0.1) is 0 Å². The van der Waals surface area contributed by atoms with Gasteiger partial charge in [-0.3, -0.25) is 9.59 Å². The van der Waals surface area contributed by atoms with Gasteiger partial charge < -0.3 is 14.6 Å². The minimum absolute atomic E-state index is 0.0369. The molecule has 2 amide bonds. The number of nitrogens with one attached hydrogen (secondary N) is 1. The van der Waals surface area contributed by atoms with Gasteiger partial charge in [0.2, 0.25) is 11.8 Å². The minimum Gasteiger partial charge on any atom is -0.416 e. The van der Waals surface area contributed by atoms with Crippen LogP contribution in [0.1, 0.15) is 32.8 Å². The van der Waals surface area contributed by atoms with Crippen LogP contribution in [0.2, 0.25) is 18.1 Å². The summed E-state index contributed by atoms with van der Waals surface area (Å²) in [7, 11) is -1.94. The van der Waals surface area contributed by atoms with Crippen molar-refractivity contribution in [3.63, 3.8) is 0 Å². The van der Waals surface area contributed by atoms with E-state index < -0.39 is 13.7 Å². The summed E-state index contributed by atoms with van der Waals surface area (Å²) >= 11 is 0. The van der Waals surface area contributed by atoms with Crippen LogP contribution in [0.25, 0.3) is 0 Å². The van der Waals surface area contributed by atoms with Crippen molar-refractivity contribution in [3.8, 4) is 0 Å². The second-order valence-electron chi connectivity index (χ2n) is 9.42. The minimum atomic E-state index is -1.94. The van der Waals surface area contributed by atoms with Gasteiger partial charge in [-0.05, 0) is 30.1 Å². The molecule has 1 N–H and O–H groups in total. The van der Waals surface area contributed by atoms with Crippen LogP contribution in [-0.4, -0.2) is 44.7 Å². The van der Waals surface area contributed by atoms with Crippen LogP contribution >= 0.6 is 0 Å². The van der Waals surface area contributed by atoms with E-state index in [0.717, 1.165) is 5.56 Å². The number of likely N-dealkylation sites (tertiary alicyclic amines) is 1. The van der Waals surface area contributed by atoms with Gasteiger partial charge in [0.15, 0.2) is 8.32 Å². The third-order valence-electron chi connectivity index (χ3n) is 6.68. The summed E-state index contributed by atoms with van der Waals surface area (Å²) in [4.78, 5) is 27.9. The molecule has 148 valence electrons. The number of benzene rings is 1. The summed E-state index contributed by atoms with van der Waals surface area (Å²) in [6.07, 6.45) is 0.571. The fourth-order valence-corrected chi connectivity index (χ4v) is 4.91. The van der Waals surface area contributed by atoms with Crippen molar-refractivity contribution in [1.29, 1.82) is 0 Å². The van der Waals surface area contributed by atoms with Crippen molar-refractivity contribution in [2.24, 2.45) is 11.3 Å². The highest BCUT2D eigenvalue weighted by molar-refractivity contribution is 6.74. The van der Waals surface area contributed by atoms with Gasteiger partial charge >= 0.3 is 0 Å². The predicted molar refractivity (Wildman–Crippen MR) is 109 cm³/mol. The molecule has 2 atom stereocenters. The molecular weight excluding hydrogens is 356 g/mol. The van der Waals surface area contributed by atoms with Crippen molar-refractivity contribution < 1.29 is 14.0 Å². The molecule has 6 heteroatoms. The fourth-order valence-electron chi connectivity index (χ4n) is 3.86. The zero-order valence-corrected chi connectivity index (χ0v) is 18.2. The largest absolute Gasteiger partial charge is 0.416 e. The molecule has 2 saturated heterocycles. The molecule has 1 aromatic rings. The first-order chi connectivity index (χ1) is 12.6. The van der Waals surface area contributed by atoms with Gasteiger partial charge in [0, 0.05) is 32.2 Å². The van der Waals surface area contributed by atoms with Gasteiger partial charge in [-0.25, -0.2) is 0 Å². The molecular formula is C21H32N2O3Si. The van der Waals surface area contributed by atoms with Crippen LogP contribution in [-0.2, 0) is 20.6 Å². The van der Waals surface area contributed by atoms with E-state index in [9.17, 15) is 9.59 Å². The molecule has 0 radical (unpaired) electrons. The second-order valence-corrected chi connectivity index (χ2v) is 14.2. The van der Waals surface area contributed by atoms with Gasteiger partial charge in [0.25, 0.3) is 0 Å². The number of rotatable bonds is 5. The van der Waals surface area contributed by atoms with Crippen molar-refractivity contribution in [1.82, 2.24) is 10.2 Å². The Bertz CT molecular complexity index is 714. The number of hydrogen-bond acceptors (Lipinski definition) is 3. The summed E-state index contributed by atoms with van der Waals surface area (Å²) in [6.45, 7) is 13.2. The lowest BCUT2D eigenvalue weighted by atomic mass is 9.76. The number of nitrogens with zero attached hydrogens (tertiary/aromatic N) is 1. The third kappa shape index (κ3) is 3.57. The Morgan fingerprint density at radius 1 is 1.22 bits per heavy atom.